The van der Waals surface area contributed by atoms with Crippen LogP contribution in [0.1, 0.15) is 38.8 Å². The molecule has 27 heavy (non-hydrogen) atoms. The van der Waals surface area contributed by atoms with Crippen molar-refractivity contribution in [3.05, 3.63) is 40.1 Å². The molecule has 0 unspecified atom stereocenters. The van der Waals surface area contributed by atoms with Gasteiger partial charge in [0, 0.05) is 23.4 Å². The summed E-state index contributed by atoms with van der Waals surface area (Å²) in [5.41, 5.74) is 2.88. The zero-order valence-electron chi connectivity index (χ0n) is 15.8. The van der Waals surface area contributed by atoms with Crippen LogP contribution in [0.15, 0.2) is 23.1 Å². The van der Waals surface area contributed by atoms with Gasteiger partial charge in [-0.1, -0.05) is 12.0 Å². The summed E-state index contributed by atoms with van der Waals surface area (Å²) in [6, 6.07) is 3.25. The number of carbonyl (C=O) groups excluding carboxylic acids is 2. The van der Waals surface area contributed by atoms with Crippen molar-refractivity contribution >= 4 is 40.2 Å². The van der Waals surface area contributed by atoms with Gasteiger partial charge in [0.2, 0.25) is 0 Å². The molecule has 2 aliphatic rings. The fraction of sp³-hybridized carbons (Fsp3) is 0.333. The third-order valence-corrected chi connectivity index (χ3v) is 5.73. The Morgan fingerprint density at radius 2 is 2.04 bits per heavy atom. The lowest BCUT2D eigenvalue weighted by Crippen LogP contribution is -2.45. The predicted octanol–water partition coefficient (Wildman–Crippen LogP) is 4.52. The molecule has 1 aromatic rings. The minimum absolute atomic E-state index is 0.0862. The number of fused-ring (bicyclic) bond motifs is 1. The van der Waals surface area contributed by atoms with Crippen molar-refractivity contribution in [2.45, 2.75) is 33.2 Å². The standard InChI is InChI=1S/C21H21FN2O2S/c1-6-8-23-19(25)18(27-20(23)26)10-14-9-15-13(3)12-21(4,5)24(7-2)17(15)11-16(14)22/h1,9-12H,7-8H2,2-5H3/b18-10+. The molecule has 1 aromatic carbocycles. The minimum atomic E-state index is -0.483. The van der Waals surface area contributed by atoms with Crippen molar-refractivity contribution in [1.82, 2.24) is 4.90 Å². The highest BCUT2D eigenvalue weighted by Gasteiger charge is 2.35. The fourth-order valence-electron chi connectivity index (χ4n) is 3.67. The largest absolute Gasteiger partial charge is 0.363 e. The average Bonchev–Trinajstić information content (AvgIpc) is 2.84. The summed E-state index contributed by atoms with van der Waals surface area (Å²) in [7, 11) is 0. The molecule has 0 N–H and O–H groups in total. The number of hydrogen-bond acceptors (Lipinski definition) is 4. The van der Waals surface area contributed by atoms with Crippen LogP contribution in [0.5, 0.6) is 0 Å². The van der Waals surface area contributed by atoms with Crippen molar-refractivity contribution in [3.8, 4) is 12.3 Å². The zero-order chi connectivity index (χ0) is 19.9. The highest BCUT2D eigenvalue weighted by Crippen LogP contribution is 2.41. The van der Waals surface area contributed by atoms with Crippen LogP contribution in [-0.4, -0.2) is 34.7 Å². The van der Waals surface area contributed by atoms with E-state index in [1.807, 2.05) is 13.8 Å². The molecule has 0 radical (unpaired) electrons. The van der Waals surface area contributed by atoms with E-state index in [0.29, 0.717) is 0 Å². The summed E-state index contributed by atoms with van der Waals surface area (Å²) in [6.07, 6.45) is 8.78. The molecule has 3 rings (SSSR count). The van der Waals surface area contributed by atoms with E-state index in [-0.39, 0.29) is 22.6 Å². The number of imide groups is 1. The summed E-state index contributed by atoms with van der Waals surface area (Å²) in [5, 5.41) is -0.433. The van der Waals surface area contributed by atoms with Crippen molar-refractivity contribution in [2.75, 3.05) is 18.0 Å². The van der Waals surface area contributed by atoms with E-state index in [1.165, 1.54) is 12.1 Å². The first-order chi connectivity index (χ1) is 12.7. The number of amides is 2. The van der Waals surface area contributed by atoms with Crippen molar-refractivity contribution in [2.24, 2.45) is 0 Å². The third-order valence-electron chi connectivity index (χ3n) is 4.82. The fourth-order valence-corrected chi connectivity index (χ4v) is 4.50. The molecule has 0 saturated carbocycles. The maximum Gasteiger partial charge on any atom is 0.294 e. The van der Waals surface area contributed by atoms with Crippen molar-refractivity contribution in [1.29, 1.82) is 0 Å². The number of halogens is 1. The Morgan fingerprint density at radius 3 is 2.67 bits per heavy atom. The van der Waals surface area contributed by atoms with Gasteiger partial charge in [0.25, 0.3) is 11.1 Å². The molecule has 1 fully saturated rings. The van der Waals surface area contributed by atoms with E-state index >= 15 is 0 Å². The molecule has 0 aliphatic carbocycles. The van der Waals surface area contributed by atoms with Gasteiger partial charge in [0.15, 0.2) is 0 Å². The van der Waals surface area contributed by atoms with Crippen LogP contribution in [0.2, 0.25) is 0 Å². The molecule has 0 atom stereocenters. The molecule has 2 amide bonds. The van der Waals surface area contributed by atoms with Crippen LogP contribution >= 0.6 is 11.8 Å². The van der Waals surface area contributed by atoms with E-state index in [1.54, 1.807) is 6.07 Å². The number of benzene rings is 1. The first-order valence-electron chi connectivity index (χ1n) is 8.69. The topological polar surface area (TPSA) is 40.6 Å². The lowest BCUT2D eigenvalue weighted by atomic mass is 9.88. The van der Waals surface area contributed by atoms with E-state index in [9.17, 15) is 14.0 Å². The normalized spacial score (nSPS) is 20.0. The van der Waals surface area contributed by atoms with Gasteiger partial charge < -0.3 is 4.90 Å². The Bertz CT molecular complexity index is 940. The Kier molecular flexibility index (Phi) is 4.92. The van der Waals surface area contributed by atoms with E-state index in [4.69, 9.17) is 6.42 Å². The van der Waals surface area contributed by atoms with E-state index < -0.39 is 17.0 Å². The minimum Gasteiger partial charge on any atom is -0.363 e. The highest BCUT2D eigenvalue weighted by molar-refractivity contribution is 8.18. The second kappa shape index (κ2) is 6.90. The van der Waals surface area contributed by atoms with E-state index in [2.05, 4.69) is 30.7 Å². The predicted molar refractivity (Wildman–Crippen MR) is 109 cm³/mol. The lowest BCUT2D eigenvalue weighted by molar-refractivity contribution is -0.122. The van der Waals surface area contributed by atoms with Crippen LogP contribution < -0.4 is 4.90 Å². The number of thioether (sulfide) groups is 1. The number of allylic oxidation sites excluding steroid dienone is 1. The first-order valence-corrected chi connectivity index (χ1v) is 9.51. The average molecular weight is 384 g/mol. The molecule has 2 heterocycles. The van der Waals surface area contributed by atoms with Gasteiger partial charge in [-0.05, 0) is 63.2 Å². The van der Waals surface area contributed by atoms with Crippen LogP contribution in [-0.2, 0) is 4.79 Å². The molecule has 0 spiro atoms. The molecular weight excluding hydrogens is 363 g/mol. The Balaban J connectivity index is 2.06. The number of rotatable bonds is 3. The summed E-state index contributed by atoms with van der Waals surface area (Å²) < 4.78 is 14.8. The second-order valence-electron chi connectivity index (χ2n) is 7.09. The third kappa shape index (κ3) is 3.28. The number of carbonyl (C=O) groups is 2. The SMILES string of the molecule is C#CCN1C(=O)S/C(=C/c2cc3c(cc2F)N(CC)C(C)(C)C=C3C)C1=O. The molecule has 0 bridgehead atoms. The summed E-state index contributed by atoms with van der Waals surface area (Å²) in [4.78, 5) is 27.6. The van der Waals surface area contributed by atoms with Crippen LogP contribution in [0.25, 0.3) is 11.6 Å². The van der Waals surface area contributed by atoms with Gasteiger partial charge in [0.05, 0.1) is 17.0 Å². The van der Waals surface area contributed by atoms with Gasteiger partial charge in [-0.15, -0.1) is 6.42 Å². The zero-order valence-corrected chi connectivity index (χ0v) is 16.6. The Hall–Kier alpha value is -2.52. The molecule has 4 nitrogen and oxygen atoms in total. The Labute approximate surface area is 163 Å². The van der Waals surface area contributed by atoms with Gasteiger partial charge in [-0.25, -0.2) is 4.39 Å². The number of likely N-dealkylation sites (N-methyl/N-ethyl adjacent to an activating group) is 1. The maximum absolute atomic E-state index is 14.8. The van der Waals surface area contributed by atoms with E-state index in [0.717, 1.165) is 40.0 Å². The summed E-state index contributed by atoms with van der Waals surface area (Å²) >= 11 is 0.780. The number of hydrogen-bond donors (Lipinski definition) is 0. The second-order valence-corrected chi connectivity index (χ2v) is 8.08. The quantitative estimate of drug-likeness (QED) is 0.568. The molecule has 6 heteroatoms. The smallest absolute Gasteiger partial charge is 0.294 e. The molecule has 0 aromatic heterocycles. The van der Waals surface area contributed by atoms with Gasteiger partial charge >= 0.3 is 0 Å². The van der Waals surface area contributed by atoms with Gasteiger partial charge in [0.1, 0.15) is 5.82 Å². The lowest BCUT2D eigenvalue weighted by Gasteiger charge is -2.42. The Morgan fingerprint density at radius 1 is 1.33 bits per heavy atom. The maximum atomic E-state index is 14.8. The van der Waals surface area contributed by atoms with Crippen LogP contribution in [0.4, 0.5) is 14.9 Å². The summed E-state index contributed by atoms with van der Waals surface area (Å²) in [6.45, 7) is 8.88. The highest BCUT2D eigenvalue weighted by atomic mass is 32.2. The molecule has 1 saturated heterocycles. The first kappa shape index (κ1) is 19.2. The molecule has 140 valence electrons. The molecule has 2 aliphatic heterocycles. The monoisotopic (exact) mass is 384 g/mol. The van der Waals surface area contributed by atoms with Crippen LogP contribution in [0.3, 0.4) is 0 Å². The number of terminal acetylenes is 1. The van der Waals surface area contributed by atoms with Crippen LogP contribution in [0, 0.1) is 18.2 Å². The van der Waals surface area contributed by atoms with Crippen molar-refractivity contribution in [3.63, 3.8) is 0 Å². The molecular formula is C21H21FN2O2S. The van der Waals surface area contributed by atoms with Gasteiger partial charge in [-0.2, -0.15) is 0 Å². The van der Waals surface area contributed by atoms with Gasteiger partial charge in [-0.3, -0.25) is 14.5 Å². The van der Waals surface area contributed by atoms with Crippen molar-refractivity contribution < 1.29 is 14.0 Å². The number of anilines is 1. The number of nitrogens with zero attached hydrogens (tertiary/aromatic N) is 2. The summed E-state index contributed by atoms with van der Waals surface area (Å²) in [5.74, 6) is 1.38.